The third-order valence-corrected chi connectivity index (χ3v) is 1.48. The molecule has 0 unspecified atom stereocenters. The summed E-state index contributed by atoms with van der Waals surface area (Å²) in [5.74, 6) is -7.95. The minimum absolute atomic E-state index is 0.990. The zero-order valence-corrected chi connectivity index (χ0v) is 6.67. The largest absolute Gasteiger partial charge is 0.306 e. The lowest BCUT2D eigenvalue weighted by molar-refractivity contribution is -0.125. The first-order valence-corrected chi connectivity index (χ1v) is 3.50. The van der Waals surface area contributed by atoms with Crippen molar-refractivity contribution in [2.45, 2.75) is 30.9 Å². The maximum absolute atomic E-state index is 12.4. The molecular formula is C7H9F6. The molecule has 0 aromatic rings. The Morgan fingerprint density at radius 2 is 1.62 bits per heavy atom. The summed E-state index contributed by atoms with van der Waals surface area (Å²) in [6.45, 7) is 0.487. The highest BCUT2D eigenvalue weighted by Gasteiger charge is 2.45. The topological polar surface area (TPSA) is 0 Å². The molecule has 0 aliphatic rings. The van der Waals surface area contributed by atoms with Gasteiger partial charge in [-0.15, -0.1) is 0 Å². The molecule has 0 nitrogen and oxygen atoms in total. The van der Waals surface area contributed by atoms with E-state index < -0.39 is 37.5 Å². The molecule has 0 spiro atoms. The first kappa shape index (κ1) is 12.6. The van der Waals surface area contributed by atoms with Gasteiger partial charge in [-0.2, -0.15) is 0 Å². The van der Waals surface area contributed by atoms with Crippen molar-refractivity contribution < 1.29 is 26.3 Å². The zero-order valence-electron chi connectivity index (χ0n) is 6.67. The fourth-order valence-corrected chi connectivity index (χ4v) is 0.597. The van der Waals surface area contributed by atoms with E-state index in [4.69, 9.17) is 0 Å². The molecule has 0 aliphatic heterocycles. The first-order chi connectivity index (χ1) is 5.75. The van der Waals surface area contributed by atoms with Crippen molar-refractivity contribution in [2.24, 2.45) is 0 Å². The van der Waals surface area contributed by atoms with E-state index in [1.165, 1.54) is 0 Å². The number of alkyl halides is 6. The van der Waals surface area contributed by atoms with Crippen molar-refractivity contribution >= 4 is 0 Å². The maximum atomic E-state index is 12.4. The van der Waals surface area contributed by atoms with Crippen molar-refractivity contribution in [2.75, 3.05) is 6.67 Å². The molecule has 6 heteroatoms. The van der Waals surface area contributed by atoms with Crippen LogP contribution in [-0.4, -0.2) is 24.7 Å². The van der Waals surface area contributed by atoms with E-state index in [-0.39, 0.29) is 0 Å². The number of halogens is 6. The summed E-state index contributed by atoms with van der Waals surface area (Å²) < 4.78 is 72.7. The highest BCUT2D eigenvalue weighted by molar-refractivity contribution is 4.82. The SMILES string of the molecule is [CH2]CC(F)(F)C[C@H](F)C(F)(F)CF. The van der Waals surface area contributed by atoms with Crippen LogP contribution in [0.15, 0.2) is 0 Å². The van der Waals surface area contributed by atoms with Gasteiger partial charge in [0, 0.05) is 12.8 Å². The minimum Gasteiger partial charge on any atom is -0.244 e. The lowest BCUT2D eigenvalue weighted by atomic mass is 10.1. The molecular weight excluding hydrogens is 198 g/mol. The van der Waals surface area contributed by atoms with Gasteiger partial charge in [0.1, 0.15) is 0 Å². The Bertz CT molecular complexity index is 155. The van der Waals surface area contributed by atoms with E-state index in [9.17, 15) is 26.3 Å². The standard InChI is InChI=1S/C7H9F6/c1-2-6(10,11)3-5(9)7(12,13)4-8/h5H,1-4H2/t5-/m0/s1. The molecule has 0 aromatic heterocycles. The summed E-state index contributed by atoms with van der Waals surface area (Å²) in [6, 6.07) is 0. The van der Waals surface area contributed by atoms with Gasteiger partial charge < -0.3 is 0 Å². The molecule has 79 valence electrons. The Labute approximate surface area is 71.9 Å². The van der Waals surface area contributed by atoms with Gasteiger partial charge in [-0.05, 0) is 6.92 Å². The summed E-state index contributed by atoms with van der Waals surface area (Å²) in [4.78, 5) is 0. The Kier molecular flexibility index (Phi) is 4.06. The summed E-state index contributed by atoms with van der Waals surface area (Å²) in [5.41, 5.74) is 0. The monoisotopic (exact) mass is 207 g/mol. The third-order valence-electron chi connectivity index (χ3n) is 1.48. The van der Waals surface area contributed by atoms with E-state index in [1.54, 1.807) is 0 Å². The van der Waals surface area contributed by atoms with E-state index in [0.29, 0.717) is 0 Å². The van der Waals surface area contributed by atoms with Gasteiger partial charge in [-0.1, -0.05) is 0 Å². The quantitative estimate of drug-likeness (QED) is 0.607. The summed E-state index contributed by atoms with van der Waals surface area (Å²) in [5, 5.41) is 0. The van der Waals surface area contributed by atoms with Gasteiger partial charge >= 0.3 is 5.92 Å². The second-order valence-corrected chi connectivity index (χ2v) is 2.67. The van der Waals surface area contributed by atoms with Crippen LogP contribution in [0.1, 0.15) is 12.8 Å². The first-order valence-electron chi connectivity index (χ1n) is 3.50. The molecule has 0 fully saturated rings. The Morgan fingerprint density at radius 1 is 1.15 bits per heavy atom. The summed E-state index contributed by atoms with van der Waals surface area (Å²) in [6.07, 6.45) is -5.86. The van der Waals surface area contributed by atoms with Gasteiger partial charge in [0.05, 0.1) is 0 Å². The van der Waals surface area contributed by atoms with Crippen LogP contribution in [-0.2, 0) is 0 Å². The molecule has 1 atom stereocenters. The van der Waals surface area contributed by atoms with Crippen LogP contribution in [0.25, 0.3) is 0 Å². The van der Waals surface area contributed by atoms with Crippen LogP contribution >= 0.6 is 0 Å². The fourth-order valence-electron chi connectivity index (χ4n) is 0.597. The molecule has 13 heavy (non-hydrogen) atoms. The lowest BCUT2D eigenvalue weighted by Crippen LogP contribution is -2.36. The van der Waals surface area contributed by atoms with Gasteiger partial charge in [0.25, 0.3) is 5.92 Å². The third kappa shape index (κ3) is 3.87. The predicted molar refractivity (Wildman–Crippen MR) is 35.4 cm³/mol. The van der Waals surface area contributed by atoms with E-state index >= 15 is 0 Å². The maximum Gasteiger partial charge on any atom is 0.306 e. The van der Waals surface area contributed by atoms with Crippen molar-refractivity contribution in [3.8, 4) is 0 Å². The molecule has 0 saturated heterocycles. The van der Waals surface area contributed by atoms with Crippen LogP contribution < -0.4 is 0 Å². The van der Waals surface area contributed by atoms with Gasteiger partial charge in [-0.25, -0.2) is 26.3 Å². The molecule has 0 heterocycles. The normalized spacial score (nSPS) is 15.9. The smallest absolute Gasteiger partial charge is 0.244 e. The van der Waals surface area contributed by atoms with Gasteiger partial charge in [0.15, 0.2) is 12.8 Å². The predicted octanol–water partition coefficient (Wildman–Crippen LogP) is 3.18. The number of hydrogen-bond acceptors (Lipinski definition) is 0. The fraction of sp³-hybridized carbons (Fsp3) is 0.857. The van der Waals surface area contributed by atoms with Gasteiger partial charge in [0.2, 0.25) is 0 Å². The van der Waals surface area contributed by atoms with Crippen molar-refractivity contribution in [3.63, 3.8) is 0 Å². The van der Waals surface area contributed by atoms with Gasteiger partial charge in [-0.3, -0.25) is 0 Å². The van der Waals surface area contributed by atoms with E-state index in [1.807, 2.05) is 0 Å². The van der Waals surface area contributed by atoms with Crippen LogP contribution in [0.4, 0.5) is 26.3 Å². The highest BCUT2D eigenvalue weighted by atomic mass is 19.3. The molecule has 0 aromatic carbocycles. The molecule has 0 bridgehead atoms. The molecule has 0 amide bonds. The minimum atomic E-state index is -4.33. The average molecular weight is 207 g/mol. The number of hydrogen-bond donors (Lipinski definition) is 0. The van der Waals surface area contributed by atoms with Crippen molar-refractivity contribution in [1.29, 1.82) is 0 Å². The van der Waals surface area contributed by atoms with Crippen LogP contribution in [0.3, 0.4) is 0 Å². The van der Waals surface area contributed by atoms with Crippen LogP contribution in [0, 0.1) is 6.92 Å². The van der Waals surface area contributed by atoms with Crippen molar-refractivity contribution in [3.05, 3.63) is 6.92 Å². The Hall–Kier alpha value is -0.420. The summed E-state index contributed by atoms with van der Waals surface area (Å²) >= 11 is 0. The van der Waals surface area contributed by atoms with Crippen molar-refractivity contribution in [1.82, 2.24) is 0 Å². The molecule has 0 aliphatic carbocycles. The average Bonchev–Trinajstić information content (AvgIpc) is 2.04. The summed E-state index contributed by atoms with van der Waals surface area (Å²) in [7, 11) is 0. The molecule has 0 rings (SSSR count). The molecule has 0 N–H and O–H groups in total. The Morgan fingerprint density at radius 3 is 1.92 bits per heavy atom. The highest BCUT2D eigenvalue weighted by Crippen LogP contribution is 2.32. The van der Waals surface area contributed by atoms with E-state index in [0.717, 1.165) is 0 Å². The van der Waals surface area contributed by atoms with E-state index in [2.05, 4.69) is 6.92 Å². The zero-order chi connectivity index (χ0) is 10.7. The molecule has 0 saturated carbocycles. The Balaban J connectivity index is 4.22. The second kappa shape index (κ2) is 4.19. The molecule has 1 radical (unpaired) electrons. The second-order valence-electron chi connectivity index (χ2n) is 2.67. The van der Waals surface area contributed by atoms with Crippen LogP contribution in [0.2, 0.25) is 0 Å². The number of rotatable bonds is 5. The van der Waals surface area contributed by atoms with Crippen LogP contribution in [0.5, 0.6) is 0 Å². The lowest BCUT2D eigenvalue weighted by Gasteiger charge is -2.21.